The first-order valence-electron chi connectivity index (χ1n) is 9.11. The van der Waals surface area contributed by atoms with Crippen molar-refractivity contribution in [3.8, 4) is 0 Å². The monoisotopic (exact) mass is 390 g/mol. The number of imidazole rings is 1. The van der Waals surface area contributed by atoms with Gasteiger partial charge in [0.25, 0.3) is 0 Å². The van der Waals surface area contributed by atoms with E-state index in [2.05, 4.69) is 20.5 Å². The Morgan fingerprint density at radius 3 is 2.85 bits per heavy atom. The first-order chi connectivity index (χ1) is 13.1. The van der Waals surface area contributed by atoms with Crippen molar-refractivity contribution in [3.05, 3.63) is 23.2 Å². The zero-order valence-electron chi connectivity index (χ0n) is 15.0. The molecule has 1 aliphatic heterocycles. The Hall–Kier alpha value is -2.33. The van der Waals surface area contributed by atoms with E-state index in [9.17, 15) is 9.59 Å². The van der Waals surface area contributed by atoms with Crippen molar-refractivity contribution in [2.45, 2.75) is 44.2 Å². The normalized spacial score (nSPS) is 22.9. The molecule has 10 heteroatoms. The molecule has 2 amide bonds. The van der Waals surface area contributed by atoms with Crippen molar-refractivity contribution >= 4 is 28.3 Å². The summed E-state index contributed by atoms with van der Waals surface area (Å²) in [4.78, 5) is 32.0. The largest absolute Gasteiger partial charge is 0.396 e. The highest BCUT2D eigenvalue weighted by atomic mass is 32.1. The van der Waals surface area contributed by atoms with Crippen molar-refractivity contribution in [2.24, 2.45) is 13.0 Å². The average Bonchev–Trinajstić information content (AvgIpc) is 3.24. The second-order valence-corrected chi connectivity index (χ2v) is 8.04. The summed E-state index contributed by atoms with van der Waals surface area (Å²) in [6.45, 7) is -0.00903. The summed E-state index contributed by atoms with van der Waals surface area (Å²) in [5, 5.41) is 20.9. The van der Waals surface area contributed by atoms with Crippen molar-refractivity contribution in [1.82, 2.24) is 24.6 Å². The molecule has 0 bridgehead atoms. The van der Waals surface area contributed by atoms with Gasteiger partial charge < -0.3 is 19.9 Å². The van der Waals surface area contributed by atoms with E-state index in [-0.39, 0.29) is 30.5 Å². The molecule has 4 rings (SSSR count). The van der Waals surface area contributed by atoms with E-state index >= 15 is 0 Å². The van der Waals surface area contributed by atoms with Gasteiger partial charge in [0.2, 0.25) is 16.9 Å². The standard InChI is InChI=1S/C17H22N6O3S/c1-22-8-7-18-15(22)14-11(4-5-13(25)23(14)10-2-3-10)16(26)19-17-21-20-12(27-17)6-9-24/h7-8,10-11,14,24H,2-6,9H2,1H3,(H,19,21,26)/t11-,14-/m0/s1. The van der Waals surface area contributed by atoms with Gasteiger partial charge in [0.05, 0.1) is 5.92 Å². The van der Waals surface area contributed by atoms with Gasteiger partial charge >= 0.3 is 0 Å². The van der Waals surface area contributed by atoms with Gasteiger partial charge in [0.1, 0.15) is 16.9 Å². The minimum Gasteiger partial charge on any atom is -0.396 e. The summed E-state index contributed by atoms with van der Waals surface area (Å²) in [5.41, 5.74) is 0. The minimum atomic E-state index is -0.394. The van der Waals surface area contributed by atoms with Crippen molar-refractivity contribution in [2.75, 3.05) is 11.9 Å². The molecule has 2 aromatic heterocycles. The van der Waals surface area contributed by atoms with Crippen LogP contribution in [0.15, 0.2) is 12.4 Å². The number of aliphatic hydroxyl groups is 1. The zero-order chi connectivity index (χ0) is 19.0. The molecule has 1 saturated carbocycles. The van der Waals surface area contributed by atoms with Crippen LogP contribution in [0.1, 0.15) is 42.6 Å². The van der Waals surface area contributed by atoms with Gasteiger partial charge in [-0.05, 0) is 19.3 Å². The van der Waals surface area contributed by atoms with Gasteiger partial charge in [-0.15, -0.1) is 10.2 Å². The lowest BCUT2D eigenvalue weighted by molar-refractivity contribution is -0.143. The van der Waals surface area contributed by atoms with E-state index in [0.717, 1.165) is 18.7 Å². The number of rotatable bonds is 6. The molecule has 0 spiro atoms. The van der Waals surface area contributed by atoms with Crippen LogP contribution >= 0.6 is 11.3 Å². The fourth-order valence-corrected chi connectivity index (χ4v) is 4.37. The Labute approximate surface area is 160 Å². The molecule has 0 aromatic carbocycles. The number of aryl methyl sites for hydroxylation is 1. The number of likely N-dealkylation sites (tertiary alicyclic amines) is 1. The van der Waals surface area contributed by atoms with Gasteiger partial charge in [-0.3, -0.25) is 9.59 Å². The molecule has 1 saturated heterocycles. The molecular weight excluding hydrogens is 368 g/mol. The number of aliphatic hydroxyl groups excluding tert-OH is 1. The average molecular weight is 390 g/mol. The Morgan fingerprint density at radius 1 is 1.37 bits per heavy atom. The number of nitrogens with one attached hydrogen (secondary N) is 1. The van der Waals surface area contributed by atoms with Crippen LogP contribution in [0.3, 0.4) is 0 Å². The fourth-order valence-electron chi connectivity index (χ4n) is 3.64. The molecule has 0 unspecified atom stereocenters. The number of piperidine rings is 1. The lowest BCUT2D eigenvalue weighted by Crippen LogP contribution is -2.48. The van der Waals surface area contributed by atoms with Crippen LogP contribution in [0.4, 0.5) is 5.13 Å². The van der Waals surface area contributed by atoms with E-state index in [1.165, 1.54) is 11.3 Å². The smallest absolute Gasteiger partial charge is 0.231 e. The lowest BCUT2D eigenvalue weighted by atomic mass is 9.87. The third-order valence-corrected chi connectivity index (χ3v) is 5.96. The molecule has 2 atom stereocenters. The molecule has 2 N–H and O–H groups in total. The van der Waals surface area contributed by atoms with Crippen LogP contribution in [0.5, 0.6) is 0 Å². The summed E-state index contributed by atoms with van der Waals surface area (Å²) in [7, 11) is 1.88. The van der Waals surface area contributed by atoms with E-state index in [0.29, 0.717) is 29.4 Å². The van der Waals surface area contributed by atoms with Crippen molar-refractivity contribution in [3.63, 3.8) is 0 Å². The highest BCUT2D eigenvalue weighted by Gasteiger charge is 2.48. The number of carbonyl (C=O) groups is 2. The second-order valence-electron chi connectivity index (χ2n) is 6.98. The van der Waals surface area contributed by atoms with Crippen molar-refractivity contribution in [1.29, 1.82) is 0 Å². The van der Waals surface area contributed by atoms with Crippen LogP contribution in [0.25, 0.3) is 0 Å². The predicted octanol–water partition coefficient (Wildman–Crippen LogP) is 0.887. The van der Waals surface area contributed by atoms with Gasteiger partial charge in [0.15, 0.2) is 0 Å². The van der Waals surface area contributed by atoms with E-state index in [4.69, 9.17) is 5.11 Å². The number of carbonyl (C=O) groups excluding carboxylic acids is 2. The second kappa shape index (κ2) is 7.35. The van der Waals surface area contributed by atoms with Crippen LogP contribution in [-0.2, 0) is 23.1 Å². The number of hydrogen-bond donors (Lipinski definition) is 2. The molecule has 144 valence electrons. The zero-order valence-corrected chi connectivity index (χ0v) is 15.9. The molecule has 1 aliphatic carbocycles. The number of hydrogen-bond acceptors (Lipinski definition) is 7. The molecule has 2 aliphatic rings. The predicted molar refractivity (Wildman–Crippen MR) is 97.9 cm³/mol. The molecule has 3 heterocycles. The summed E-state index contributed by atoms with van der Waals surface area (Å²) in [5.74, 6) is 0.256. The molecule has 27 heavy (non-hydrogen) atoms. The van der Waals surface area contributed by atoms with Crippen LogP contribution < -0.4 is 5.32 Å². The highest BCUT2D eigenvalue weighted by molar-refractivity contribution is 7.15. The summed E-state index contributed by atoms with van der Waals surface area (Å²) in [6.07, 6.45) is 6.73. The number of nitrogens with zero attached hydrogens (tertiary/aromatic N) is 5. The number of amides is 2. The van der Waals surface area contributed by atoms with Crippen LogP contribution in [0.2, 0.25) is 0 Å². The maximum atomic E-state index is 13.1. The Morgan fingerprint density at radius 2 is 2.19 bits per heavy atom. The Kier molecular flexibility index (Phi) is 4.92. The highest BCUT2D eigenvalue weighted by Crippen LogP contribution is 2.43. The molecular formula is C17H22N6O3S. The molecule has 0 radical (unpaired) electrons. The summed E-state index contributed by atoms with van der Waals surface area (Å²) < 4.78 is 1.88. The summed E-state index contributed by atoms with van der Waals surface area (Å²) in [6, 6.07) is -0.170. The van der Waals surface area contributed by atoms with Gasteiger partial charge in [-0.25, -0.2) is 4.98 Å². The third kappa shape index (κ3) is 3.59. The Balaban J connectivity index is 1.59. The quantitative estimate of drug-likeness (QED) is 0.757. The van der Waals surface area contributed by atoms with Gasteiger partial charge in [0, 0.05) is 44.9 Å². The first-order valence-corrected chi connectivity index (χ1v) is 9.92. The van der Waals surface area contributed by atoms with E-state index in [1.54, 1.807) is 6.20 Å². The lowest BCUT2D eigenvalue weighted by Gasteiger charge is -2.40. The van der Waals surface area contributed by atoms with Crippen LogP contribution in [-0.4, -0.2) is 54.2 Å². The minimum absolute atomic E-state index is 0.00903. The molecule has 2 aromatic rings. The fraction of sp³-hybridized carbons (Fsp3) is 0.588. The first kappa shape index (κ1) is 18.1. The summed E-state index contributed by atoms with van der Waals surface area (Å²) >= 11 is 1.26. The van der Waals surface area contributed by atoms with Crippen molar-refractivity contribution < 1.29 is 14.7 Å². The van der Waals surface area contributed by atoms with Crippen LogP contribution in [0, 0.1) is 5.92 Å². The maximum Gasteiger partial charge on any atom is 0.231 e. The number of aromatic nitrogens is 4. The topological polar surface area (TPSA) is 113 Å². The molecule has 9 nitrogen and oxygen atoms in total. The SMILES string of the molecule is Cn1ccnc1[C@@H]1[C@@H](C(=O)Nc2nnc(CCO)s2)CCC(=O)N1C1CC1. The van der Waals surface area contributed by atoms with Gasteiger partial charge in [-0.1, -0.05) is 11.3 Å². The Bertz CT molecular complexity index is 845. The number of anilines is 1. The van der Waals surface area contributed by atoms with E-state index < -0.39 is 5.92 Å². The maximum absolute atomic E-state index is 13.1. The van der Waals surface area contributed by atoms with E-state index in [1.807, 2.05) is 22.7 Å². The third-order valence-electron chi connectivity index (χ3n) is 5.06. The van der Waals surface area contributed by atoms with Gasteiger partial charge in [-0.2, -0.15) is 0 Å². The molecule has 2 fully saturated rings.